The van der Waals surface area contributed by atoms with Crippen LogP contribution < -0.4 is 5.32 Å². The van der Waals surface area contributed by atoms with E-state index in [1.54, 1.807) is 0 Å². The molecule has 0 spiro atoms. The summed E-state index contributed by atoms with van der Waals surface area (Å²) in [6.45, 7) is -0.360. The number of amides is 1. The average Bonchev–Trinajstić information content (AvgIpc) is 2.85. The predicted octanol–water partition coefficient (Wildman–Crippen LogP) is 7.33. The number of aromatic nitrogens is 1. The number of carbonyl (C=O) groups excluding carboxylic acids is 1. The zero-order valence-electron chi connectivity index (χ0n) is 19.6. The SMILES string of the molecule is CNc1ncc(Cl)cc1C(=O)N(CCc1cccc(C(F)(F)F)c1)Cc1ccc(C(F)(F)C(F)(F)F)cc1. The Morgan fingerprint density at radius 1 is 0.921 bits per heavy atom. The van der Waals surface area contributed by atoms with E-state index in [9.17, 15) is 39.9 Å². The Balaban J connectivity index is 1.91. The lowest BCUT2D eigenvalue weighted by Gasteiger charge is -2.25. The molecule has 3 aromatic rings. The smallest absolute Gasteiger partial charge is 0.372 e. The maximum absolute atomic E-state index is 13.7. The highest BCUT2D eigenvalue weighted by Crippen LogP contribution is 2.43. The monoisotopic (exact) mass is 565 g/mol. The van der Waals surface area contributed by atoms with Crippen LogP contribution in [0.2, 0.25) is 5.02 Å². The summed E-state index contributed by atoms with van der Waals surface area (Å²) in [5.41, 5.74) is -1.62. The van der Waals surface area contributed by atoms with Gasteiger partial charge in [0.25, 0.3) is 5.91 Å². The Hall–Kier alpha value is -3.41. The number of pyridine rings is 1. The second-order valence-electron chi connectivity index (χ2n) is 8.24. The van der Waals surface area contributed by atoms with Gasteiger partial charge in [0.15, 0.2) is 0 Å². The van der Waals surface area contributed by atoms with E-state index in [-0.39, 0.29) is 47.0 Å². The topological polar surface area (TPSA) is 45.2 Å². The first-order valence-electron chi connectivity index (χ1n) is 11.0. The number of nitrogens with one attached hydrogen (secondary N) is 1. The number of nitrogens with zero attached hydrogens (tertiary/aromatic N) is 2. The summed E-state index contributed by atoms with van der Waals surface area (Å²) in [6.07, 6.45) is -9.08. The summed E-state index contributed by atoms with van der Waals surface area (Å²) >= 11 is 5.98. The Kier molecular flexibility index (Phi) is 8.55. The van der Waals surface area contributed by atoms with Crippen LogP contribution >= 0.6 is 11.6 Å². The molecular formula is C25H20ClF8N3O. The number of hydrogen-bond donors (Lipinski definition) is 1. The zero-order valence-corrected chi connectivity index (χ0v) is 20.4. The molecule has 0 unspecified atom stereocenters. The number of carbonyl (C=O) groups is 1. The average molecular weight is 566 g/mol. The lowest BCUT2D eigenvalue weighted by Crippen LogP contribution is -2.34. The van der Waals surface area contributed by atoms with Gasteiger partial charge in [-0.3, -0.25) is 4.79 Å². The molecule has 0 aliphatic carbocycles. The molecule has 0 aliphatic rings. The summed E-state index contributed by atoms with van der Waals surface area (Å²) in [4.78, 5) is 18.7. The Morgan fingerprint density at radius 2 is 1.58 bits per heavy atom. The second-order valence-corrected chi connectivity index (χ2v) is 8.68. The van der Waals surface area contributed by atoms with Gasteiger partial charge in [0.05, 0.1) is 16.1 Å². The number of benzene rings is 2. The highest BCUT2D eigenvalue weighted by Gasteiger charge is 2.58. The van der Waals surface area contributed by atoms with Crippen molar-refractivity contribution in [3.05, 3.63) is 93.6 Å². The Labute approximate surface area is 217 Å². The first-order chi connectivity index (χ1) is 17.6. The van der Waals surface area contributed by atoms with Crippen LogP contribution in [-0.2, 0) is 25.1 Å². The molecule has 0 radical (unpaired) electrons. The zero-order chi connectivity index (χ0) is 28.3. The largest absolute Gasteiger partial charge is 0.458 e. The van der Waals surface area contributed by atoms with Crippen molar-refractivity contribution in [3.63, 3.8) is 0 Å². The van der Waals surface area contributed by atoms with Gasteiger partial charge in [-0.05, 0) is 29.7 Å². The number of rotatable bonds is 8. The first kappa shape index (κ1) is 29.2. The normalized spacial score (nSPS) is 12.4. The van der Waals surface area contributed by atoms with Gasteiger partial charge in [0.1, 0.15) is 5.82 Å². The molecule has 0 atom stereocenters. The van der Waals surface area contributed by atoms with Crippen LogP contribution in [-0.4, -0.2) is 35.6 Å². The maximum atomic E-state index is 13.7. The molecule has 0 saturated heterocycles. The van der Waals surface area contributed by atoms with Crippen molar-refractivity contribution in [1.82, 2.24) is 9.88 Å². The molecule has 3 rings (SSSR count). The van der Waals surface area contributed by atoms with Crippen LogP contribution in [0.4, 0.5) is 40.9 Å². The van der Waals surface area contributed by atoms with Gasteiger partial charge in [-0.1, -0.05) is 54.1 Å². The fourth-order valence-electron chi connectivity index (χ4n) is 3.60. The maximum Gasteiger partial charge on any atom is 0.458 e. The molecule has 0 saturated carbocycles. The highest BCUT2D eigenvalue weighted by atomic mass is 35.5. The van der Waals surface area contributed by atoms with Crippen LogP contribution in [0.5, 0.6) is 0 Å². The number of anilines is 1. The van der Waals surface area contributed by atoms with Crippen LogP contribution in [0.3, 0.4) is 0 Å². The van der Waals surface area contributed by atoms with E-state index in [1.165, 1.54) is 36.3 Å². The van der Waals surface area contributed by atoms with Gasteiger partial charge in [-0.2, -0.15) is 35.1 Å². The van der Waals surface area contributed by atoms with E-state index in [4.69, 9.17) is 11.6 Å². The van der Waals surface area contributed by atoms with Gasteiger partial charge in [0.2, 0.25) is 0 Å². The molecule has 38 heavy (non-hydrogen) atoms. The van der Waals surface area contributed by atoms with Crippen molar-refractivity contribution in [3.8, 4) is 0 Å². The number of alkyl halides is 8. The Morgan fingerprint density at radius 3 is 2.16 bits per heavy atom. The fourth-order valence-corrected chi connectivity index (χ4v) is 3.75. The van der Waals surface area contributed by atoms with E-state index >= 15 is 0 Å². The summed E-state index contributed by atoms with van der Waals surface area (Å²) in [7, 11) is 1.50. The predicted molar refractivity (Wildman–Crippen MR) is 125 cm³/mol. The summed E-state index contributed by atoms with van der Waals surface area (Å²) in [5, 5.41) is 2.86. The van der Waals surface area contributed by atoms with Crippen molar-refractivity contribution in [2.75, 3.05) is 18.9 Å². The summed E-state index contributed by atoms with van der Waals surface area (Å²) < 4.78 is 105. The van der Waals surface area contributed by atoms with E-state index in [2.05, 4.69) is 10.3 Å². The lowest BCUT2D eigenvalue weighted by molar-refractivity contribution is -0.289. The molecule has 0 bridgehead atoms. The molecule has 2 aromatic carbocycles. The molecule has 0 fully saturated rings. The number of hydrogen-bond acceptors (Lipinski definition) is 3. The lowest BCUT2D eigenvalue weighted by atomic mass is 10.0. The van der Waals surface area contributed by atoms with Crippen molar-refractivity contribution in [2.24, 2.45) is 0 Å². The van der Waals surface area contributed by atoms with Gasteiger partial charge in [-0.15, -0.1) is 0 Å². The minimum Gasteiger partial charge on any atom is -0.372 e. The molecule has 204 valence electrons. The molecule has 1 N–H and O–H groups in total. The highest BCUT2D eigenvalue weighted by molar-refractivity contribution is 6.31. The minimum atomic E-state index is -5.79. The second kappa shape index (κ2) is 11.1. The van der Waals surface area contributed by atoms with Gasteiger partial charge >= 0.3 is 18.3 Å². The minimum absolute atomic E-state index is 0.0111. The van der Waals surface area contributed by atoms with E-state index in [0.717, 1.165) is 24.3 Å². The molecule has 0 aliphatic heterocycles. The quantitative estimate of drug-likeness (QED) is 0.291. The standard InChI is InChI=1S/C25H20ClF8N3O/c1-35-21-20(12-19(26)13-36-21)22(38)37(10-9-15-3-2-4-18(11-15)24(29,30)31)14-16-5-7-17(8-6-16)23(27,28)25(32,33)34/h2-8,11-13H,9-10,14H2,1H3,(H,35,36). The number of halogens is 9. The van der Waals surface area contributed by atoms with Crippen molar-refractivity contribution in [2.45, 2.75) is 31.2 Å². The van der Waals surface area contributed by atoms with E-state index < -0.39 is 35.3 Å². The third-order valence-electron chi connectivity index (χ3n) is 5.58. The molecular weight excluding hydrogens is 546 g/mol. The van der Waals surface area contributed by atoms with Crippen LogP contribution in [0.15, 0.2) is 60.8 Å². The van der Waals surface area contributed by atoms with E-state index in [1.807, 2.05) is 0 Å². The molecule has 13 heteroatoms. The van der Waals surface area contributed by atoms with Crippen LogP contribution in [0.25, 0.3) is 0 Å². The van der Waals surface area contributed by atoms with Crippen LogP contribution in [0, 0.1) is 0 Å². The fraction of sp³-hybridized carbons (Fsp3) is 0.280. The van der Waals surface area contributed by atoms with Gasteiger partial charge in [-0.25, -0.2) is 4.98 Å². The molecule has 1 heterocycles. The van der Waals surface area contributed by atoms with Crippen molar-refractivity contribution >= 4 is 23.3 Å². The third kappa shape index (κ3) is 6.72. The molecule has 4 nitrogen and oxygen atoms in total. The summed E-state index contributed by atoms with van der Waals surface area (Å²) in [6, 6.07) is 9.11. The van der Waals surface area contributed by atoms with E-state index in [0.29, 0.717) is 12.1 Å². The van der Waals surface area contributed by atoms with Crippen LogP contribution in [0.1, 0.15) is 32.6 Å². The van der Waals surface area contributed by atoms with Gasteiger partial charge in [0, 0.05) is 31.9 Å². The van der Waals surface area contributed by atoms with Crippen molar-refractivity contribution in [1.29, 1.82) is 0 Å². The Bertz CT molecular complexity index is 1280. The first-order valence-corrected chi connectivity index (χ1v) is 11.3. The molecule has 1 amide bonds. The third-order valence-corrected chi connectivity index (χ3v) is 5.79. The van der Waals surface area contributed by atoms with Crippen molar-refractivity contribution < 1.29 is 39.9 Å². The molecule has 1 aromatic heterocycles. The summed E-state index contributed by atoms with van der Waals surface area (Å²) in [5.74, 6) is -5.55. The van der Waals surface area contributed by atoms with Gasteiger partial charge < -0.3 is 10.2 Å².